The maximum absolute atomic E-state index is 11.8. The quantitative estimate of drug-likeness (QED) is 0.162. The molecule has 0 amide bonds. The Morgan fingerprint density at radius 3 is 1.75 bits per heavy atom. The lowest BCUT2D eigenvalue weighted by molar-refractivity contribution is -0.149. The molecule has 0 heterocycles. The fourth-order valence-electron chi connectivity index (χ4n) is 3.23. The van der Waals surface area contributed by atoms with Crippen LogP contribution in [0.4, 0.5) is 0 Å². The largest absolute Gasteiger partial charge is 0.466 e. The third-order valence-corrected chi connectivity index (χ3v) is 5.07. The lowest BCUT2D eigenvalue weighted by atomic mass is 10.1. The van der Waals surface area contributed by atoms with Gasteiger partial charge in [-0.1, -0.05) is 78.1 Å². The van der Waals surface area contributed by atoms with Crippen LogP contribution in [0.5, 0.6) is 0 Å². The predicted molar refractivity (Wildman–Crippen MR) is 116 cm³/mol. The molecule has 0 aliphatic carbocycles. The van der Waals surface area contributed by atoms with Crippen molar-refractivity contribution >= 4 is 11.9 Å². The first kappa shape index (κ1) is 26.9. The third-order valence-electron chi connectivity index (χ3n) is 5.07. The van der Waals surface area contributed by atoms with Gasteiger partial charge < -0.3 is 9.47 Å². The van der Waals surface area contributed by atoms with Gasteiger partial charge in [0.05, 0.1) is 12.7 Å². The number of esters is 2. The highest BCUT2D eigenvalue weighted by Crippen LogP contribution is 2.11. The highest BCUT2D eigenvalue weighted by atomic mass is 16.5. The highest BCUT2D eigenvalue weighted by molar-refractivity contribution is 5.70. The van der Waals surface area contributed by atoms with Crippen LogP contribution in [0.25, 0.3) is 0 Å². The lowest BCUT2D eigenvalue weighted by Crippen LogP contribution is -2.14. The second-order valence-electron chi connectivity index (χ2n) is 8.05. The molecule has 1 unspecified atom stereocenters. The minimum absolute atomic E-state index is 0.000330. The van der Waals surface area contributed by atoms with Gasteiger partial charge >= 0.3 is 11.9 Å². The van der Waals surface area contributed by atoms with Gasteiger partial charge in [0.25, 0.3) is 0 Å². The second-order valence-corrected chi connectivity index (χ2v) is 8.05. The number of rotatable bonds is 20. The van der Waals surface area contributed by atoms with Crippen LogP contribution in [0, 0.1) is 0 Å². The summed E-state index contributed by atoms with van der Waals surface area (Å²) < 4.78 is 10.7. The normalized spacial score (nSPS) is 12.0. The lowest BCUT2D eigenvalue weighted by Gasteiger charge is -2.12. The van der Waals surface area contributed by atoms with E-state index in [9.17, 15) is 9.59 Å². The van der Waals surface area contributed by atoms with E-state index >= 15 is 0 Å². The van der Waals surface area contributed by atoms with E-state index in [0.717, 1.165) is 25.7 Å². The maximum Gasteiger partial charge on any atom is 0.306 e. The Labute approximate surface area is 174 Å². The van der Waals surface area contributed by atoms with Crippen molar-refractivity contribution in [1.29, 1.82) is 0 Å². The summed E-state index contributed by atoms with van der Waals surface area (Å²) in [6.07, 6.45) is 17.9. The van der Waals surface area contributed by atoms with Crippen LogP contribution in [0.1, 0.15) is 130 Å². The summed E-state index contributed by atoms with van der Waals surface area (Å²) in [5.74, 6) is -0.284. The maximum atomic E-state index is 11.8. The van der Waals surface area contributed by atoms with Crippen LogP contribution in [0.15, 0.2) is 0 Å². The Morgan fingerprint density at radius 2 is 1.14 bits per heavy atom. The molecular weight excluding hydrogens is 352 g/mol. The van der Waals surface area contributed by atoms with Crippen molar-refractivity contribution in [3.05, 3.63) is 0 Å². The molecule has 0 aromatic carbocycles. The van der Waals surface area contributed by atoms with E-state index in [1.54, 1.807) is 0 Å². The van der Waals surface area contributed by atoms with E-state index in [1.165, 1.54) is 57.8 Å². The zero-order valence-corrected chi connectivity index (χ0v) is 18.9. The molecule has 0 rings (SSSR count). The smallest absolute Gasteiger partial charge is 0.306 e. The van der Waals surface area contributed by atoms with Crippen molar-refractivity contribution < 1.29 is 19.1 Å². The van der Waals surface area contributed by atoms with Crippen molar-refractivity contribution in [3.63, 3.8) is 0 Å². The Morgan fingerprint density at radius 1 is 0.643 bits per heavy atom. The first-order valence-corrected chi connectivity index (χ1v) is 11.9. The molecule has 166 valence electrons. The SMILES string of the molecule is CCCCCCCCCCCOC(=O)CCCCC(=O)OC(C)CCCCC. The summed E-state index contributed by atoms with van der Waals surface area (Å²) in [4.78, 5) is 23.5. The van der Waals surface area contributed by atoms with E-state index in [0.29, 0.717) is 32.3 Å². The zero-order valence-electron chi connectivity index (χ0n) is 18.9. The van der Waals surface area contributed by atoms with Crippen molar-refractivity contribution in [2.24, 2.45) is 0 Å². The summed E-state index contributed by atoms with van der Waals surface area (Å²) in [7, 11) is 0. The molecule has 0 N–H and O–H groups in total. The minimum atomic E-state index is -0.146. The van der Waals surface area contributed by atoms with Gasteiger partial charge in [-0.2, -0.15) is 0 Å². The van der Waals surface area contributed by atoms with Gasteiger partial charge in [0.2, 0.25) is 0 Å². The molecule has 0 bridgehead atoms. The summed E-state index contributed by atoms with van der Waals surface area (Å²) in [6.45, 7) is 6.90. The molecule has 0 aliphatic rings. The molecule has 0 aromatic heterocycles. The summed E-state index contributed by atoms with van der Waals surface area (Å²) >= 11 is 0. The standard InChI is InChI=1S/C24H46O4/c1-4-6-8-9-10-11-12-13-17-21-27-23(25)19-15-16-20-24(26)28-22(3)18-14-7-5-2/h22H,4-21H2,1-3H3. The molecule has 0 radical (unpaired) electrons. The molecular formula is C24H46O4. The van der Waals surface area contributed by atoms with Gasteiger partial charge in [-0.25, -0.2) is 0 Å². The van der Waals surface area contributed by atoms with Crippen molar-refractivity contribution in [2.45, 2.75) is 136 Å². The zero-order chi connectivity index (χ0) is 20.9. The molecule has 28 heavy (non-hydrogen) atoms. The number of carbonyl (C=O) groups is 2. The Bertz CT molecular complexity index is 368. The van der Waals surface area contributed by atoms with E-state index in [2.05, 4.69) is 13.8 Å². The molecule has 0 aliphatic heterocycles. The van der Waals surface area contributed by atoms with E-state index < -0.39 is 0 Å². The first-order chi connectivity index (χ1) is 13.6. The van der Waals surface area contributed by atoms with Crippen molar-refractivity contribution in [2.75, 3.05) is 6.61 Å². The van der Waals surface area contributed by atoms with Crippen molar-refractivity contribution in [1.82, 2.24) is 0 Å². The molecule has 4 heteroatoms. The van der Waals surface area contributed by atoms with Gasteiger partial charge in [0, 0.05) is 12.8 Å². The Kier molecular flexibility index (Phi) is 19.9. The van der Waals surface area contributed by atoms with E-state index in [1.807, 2.05) is 6.92 Å². The fourth-order valence-corrected chi connectivity index (χ4v) is 3.23. The minimum Gasteiger partial charge on any atom is -0.466 e. The number of hydrogen-bond donors (Lipinski definition) is 0. The van der Waals surface area contributed by atoms with Gasteiger partial charge in [-0.15, -0.1) is 0 Å². The van der Waals surface area contributed by atoms with Crippen LogP contribution < -0.4 is 0 Å². The van der Waals surface area contributed by atoms with Crippen molar-refractivity contribution in [3.8, 4) is 0 Å². The molecule has 0 fully saturated rings. The molecule has 0 aromatic rings. The van der Waals surface area contributed by atoms with Crippen LogP contribution in [0.3, 0.4) is 0 Å². The number of carbonyl (C=O) groups excluding carboxylic acids is 2. The number of unbranched alkanes of at least 4 members (excludes halogenated alkanes) is 11. The molecule has 0 spiro atoms. The van der Waals surface area contributed by atoms with Gasteiger partial charge in [-0.05, 0) is 39.0 Å². The summed E-state index contributed by atoms with van der Waals surface area (Å²) in [5.41, 5.74) is 0. The molecule has 4 nitrogen and oxygen atoms in total. The first-order valence-electron chi connectivity index (χ1n) is 11.9. The summed E-state index contributed by atoms with van der Waals surface area (Å²) in [5, 5.41) is 0. The monoisotopic (exact) mass is 398 g/mol. The average Bonchev–Trinajstić information content (AvgIpc) is 2.67. The van der Waals surface area contributed by atoms with Crippen LogP contribution in [0.2, 0.25) is 0 Å². The second kappa shape index (κ2) is 20.7. The molecule has 0 saturated carbocycles. The third kappa shape index (κ3) is 19.7. The predicted octanol–water partition coefficient (Wildman–Crippen LogP) is 7.13. The topological polar surface area (TPSA) is 52.6 Å². The number of ether oxygens (including phenoxy) is 2. The van der Waals surface area contributed by atoms with Crippen LogP contribution in [-0.2, 0) is 19.1 Å². The van der Waals surface area contributed by atoms with Crippen LogP contribution >= 0.6 is 0 Å². The summed E-state index contributed by atoms with van der Waals surface area (Å²) in [6, 6.07) is 0. The van der Waals surface area contributed by atoms with Gasteiger partial charge in [0.15, 0.2) is 0 Å². The van der Waals surface area contributed by atoms with E-state index in [-0.39, 0.29) is 18.0 Å². The number of hydrogen-bond acceptors (Lipinski definition) is 4. The highest BCUT2D eigenvalue weighted by Gasteiger charge is 2.10. The molecule has 0 saturated heterocycles. The average molecular weight is 399 g/mol. The van der Waals surface area contributed by atoms with Gasteiger partial charge in [-0.3, -0.25) is 9.59 Å². The Hall–Kier alpha value is -1.06. The van der Waals surface area contributed by atoms with Crippen LogP contribution in [-0.4, -0.2) is 24.6 Å². The fraction of sp³-hybridized carbons (Fsp3) is 0.917. The molecule has 1 atom stereocenters. The van der Waals surface area contributed by atoms with E-state index in [4.69, 9.17) is 9.47 Å². The Balaban J connectivity index is 3.40. The van der Waals surface area contributed by atoms with Gasteiger partial charge in [0.1, 0.15) is 0 Å².